The molecule has 0 amide bonds. The van der Waals surface area contributed by atoms with Gasteiger partial charge >= 0.3 is 0 Å². The zero-order chi connectivity index (χ0) is 18.4. The molecule has 26 heavy (non-hydrogen) atoms. The first-order valence-corrected chi connectivity index (χ1v) is 10.6. The van der Waals surface area contributed by atoms with Crippen molar-refractivity contribution in [3.63, 3.8) is 0 Å². The van der Waals surface area contributed by atoms with Crippen molar-refractivity contribution in [3.05, 3.63) is 59.9 Å². The third-order valence-corrected chi connectivity index (χ3v) is 6.16. The molecule has 3 rings (SSSR count). The first kappa shape index (κ1) is 19.1. The van der Waals surface area contributed by atoms with E-state index in [1.165, 1.54) is 0 Å². The van der Waals surface area contributed by atoms with Crippen molar-refractivity contribution in [2.24, 2.45) is 7.05 Å². The molecule has 0 spiro atoms. The van der Waals surface area contributed by atoms with Gasteiger partial charge in [-0.2, -0.15) is 0 Å². The van der Waals surface area contributed by atoms with Gasteiger partial charge in [0.2, 0.25) is 10.0 Å². The lowest BCUT2D eigenvalue weighted by Crippen LogP contribution is -2.44. The van der Waals surface area contributed by atoms with Crippen LogP contribution < -0.4 is 4.72 Å². The van der Waals surface area contributed by atoms with Gasteiger partial charge in [-0.15, -0.1) is 0 Å². The number of hydrogen-bond donors (Lipinski definition) is 1. The Morgan fingerprint density at radius 3 is 2.50 bits per heavy atom. The number of morpholine rings is 1. The Hall–Kier alpha value is -1.67. The molecule has 2 aromatic rings. The van der Waals surface area contributed by atoms with E-state index in [4.69, 9.17) is 4.74 Å². The SMILES string of the molecule is Cn1cccc1C(CNS(=O)(=O)CCc1ccccc1)N1CCOCC1. The van der Waals surface area contributed by atoms with E-state index in [9.17, 15) is 8.42 Å². The van der Waals surface area contributed by atoms with Gasteiger partial charge in [-0.25, -0.2) is 13.1 Å². The Bertz CT molecular complexity index is 783. The lowest BCUT2D eigenvalue weighted by atomic mass is 10.1. The Morgan fingerprint density at radius 2 is 1.85 bits per heavy atom. The van der Waals surface area contributed by atoms with Gasteiger partial charge in [0.15, 0.2) is 0 Å². The van der Waals surface area contributed by atoms with Crippen LogP contribution in [0, 0.1) is 0 Å². The molecule has 1 atom stereocenters. The van der Waals surface area contributed by atoms with Crippen LogP contribution in [0.15, 0.2) is 48.7 Å². The molecule has 1 unspecified atom stereocenters. The van der Waals surface area contributed by atoms with Gasteiger partial charge in [-0.05, 0) is 24.1 Å². The summed E-state index contributed by atoms with van der Waals surface area (Å²) in [5, 5.41) is 0. The maximum atomic E-state index is 12.5. The third kappa shape index (κ3) is 5.17. The number of sulfonamides is 1. The Kier molecular flexibility index (Phi) is 6.48. The van der Waals surface area contributed by atoms with Gasteiger partial charge in [-0.1, -0.05) is 30.3 Å². The molecule has 1 aliphatic rings. The summed E-state index contributed by atoms with van der Waals surface area (Å²) in [6, 6.07) is 13.8. The van der Waals surface area contributed by atoms with Crippen molar-refractivity contribution in [3.8, 4) is 0 Å². The molecular formula is C19H27N3O3S. The molecule has 0 aliphatic carbocycles. The second-order valence-corrected chi connectivity index (χ2v) is 8.54. The molecule has 0 saturated carbocycles. The molecule has 1 aliphatic heterocycles. The number of hydrogen-bond acceptors (Lipinski definition) is 4. The third-order valence-electron chi connectivity index (χ3n) is 4.81. The maximum absolute atomic E-state index is 12.5. The number of ether oxygens (including phenoxy) is 1. The van der Waals surface area contributed by atoms with Crippen molar-refractivity contribution < 1.29 is 13.2 Å². The van der Waals surface area contributed by atoms with Gasteiger partial charge in [0.05, 0.1) is 25.0 Å². The maximum Gasteiger partial charge on any atom is 0.211 e. The average Bonchev–Trinajstić information content (AvgIpc) is 3.08. The summed E-state index contributed by atoms with van der Waals surface area (Å²) in [5.74, 6) is 0.0972. The highest BCUT2D eigenvalue weighted by atomic mass is 32.2. The lowest BCUT2D eigenvalue weighted by molar-refractivity contribution is 0.0158. The molecule has 6 nitrogen and oxygen atoms in total. The van der Waals surface area contributed by atoms with Crippen molar-refractivity contribution in [2.75, 3.05) is 38.6 Å². The number of rotatable bonds is 8. The topological polar surface area (TPSA) is 63.6 Å². The molecule has 1 N–H and O–H groups in total. The Morgan fingerprint density at radius 1 is 1.12 bits per heavy atom. The van der Waals surface area contributed by atoms with E-state index in [2.05, 4.69) is 20.3 Å². The first-order valence-electron chi connectivity index (χ1n) is 8.99. The summed E-state index contributed by atoms with van der Waals surface area (Å²) in [7, 11) is -1.34. The fraction of sp³-hybridized carbons (Fsp3) is 0.474. The minimum Gasteiger partial charge on any atom is -0.379 e. The largest absolute Gasteiger partial charge is 0.379 e. The number of aromatic nitrogens is 1. The van der Waals surface area contributed by atoms with Crippen LogP contribution in [0.25, 0.3) is 0 Å². The minimum absolute atomic E-state index is 0.00500. The van der Waals surface area contributed by atoms with Crippen molar-refractivity contribution in [1.29, 1.82) is 0 Å². The molecule has 0 radical (unpaired) electrons. The van der Waals surface area contributed by atoms with Crippen molar-refractivity contribution in [1.82, 2.24) is 14.2 Å². The van der Waals surface area contributed by atoms with Crippen LogP contribution in [0.3, 0.4) is 0 Å². The second-order valence-electron chi connectivity index (χ2n) is 6.61. The van der Waals surface area contributed by atoms with Gasteiger partial charge in [0, 0.05) is 38.6 Å². The standard InChI is InChI=1S/C19H27N3O3S/c1-21-10-5-8-18(21)19(22-11-13-25-14-12-22)16-20-26(23,24)15-9-17-6-3-2-4-7-17/h2-8,10,19-20H,9,11-16H2,1H3. The van der Waals surface area contributed by atoms with Crippen LogP contribution >= 0.6 is 0 Å². The molecule has 2 heterocycles. The average molecular weight is 378 g/mol. The van der Waals surface area contributed by atoms with Gasteiger partial charge in [0.1, 0.15) is 0 Å². The zero-order valence-corrected chi connectivity index (χ0v) is 16.0. The van der Waals surface area contributed by atoms with Crippen LogP contribution in [-0.2, 0) is 28.2 Å². The van der Waals surface area contributed by atoms with Gasteiger partial charge in [-0.3, -0.25) is 4.90 Å². The molecule has 0 bridgehead atoms. The Balaban J connectivity index is 1.63. The van der Waals surface area contributed by atoms with Gasteiger partial charge < -0.3 is 9.30 Å². The van der Waals surface area contributed by atoms with E-state index < -0.39 is 10.0 Å². The van der Waals surface area contributed by atoms with Crippen molar-refractivity contribution >= 4 is 10.0 Å². The van der Waals surface area contributed by atoms with Crippen molar-refractivity contribution in [2.45, 2.75) is 12.5 Å². The minimum atomic E-state index is -3.33. The molecule has 1 aromatic heterocycles. The van der Waals surface area contributed by atoms with Crippen LogP contribution in [0.1, 0.15) is 17.3 Å². The monoisotopic (exact) mass is 377 g/mol. The number of benzene rings is 1. The summed E-state index contributed by atoms with van der Waals surface area (Å²) < 4.78 is 35.3. The fourth-order valence-electron chi connectivity index (χ4n) is 3.31. The predicted molar refractivity (Wildman–Crippen MR) is 102 cm³/mol. The quantitative estimate of drug-likeness (QED) is 0.758. The number of nitrogens with zero attached hydrogens (tertiary/aromatic N) is 2. The smallest absolute Gasteiger partial charge is 0.211 e. The van der Waals surface area contributed by atoms with Crippen LogP contribution in [0.2, 0.25) is 0 Å². The van der Waals surface area contributed by atoms with Crippen LogP contribution in [0.5, 0.6) is 0 Å². The van der Waals surface area contributed by atoms with Crippen LogP contribution in [0.4, 0.5) is 0 Å². The summed E-state index contributed by atoms with van der Waals surface area (Å²) in [5.41, 5.74) is 2.14. The highest BCUT2D eigenvalue weighted by Crippen LogP contribution is 2.21. The predicted octanol–water partition coefficient (Wildman–Crippen LogP) is 1.56. The first-order chi connectivity index (χ1) is 12.6. The highest BCUT2D eigenvalue weighted by molar-refractivity contribution is 7.89. The second kappa shape index (κ2) is 8.81. The van der Waals surface area contributed by atoms with E-state index in [0.717, 1.165) is 24.3 Å². The molecule has 1 fully saturated rings. The molecule has 142 valence electrons. The number of aryl methyl sites for hydroxylation is 2. The molecular weight excluding hydrogens is 350 g/mol. The summed E-state index contributed by atoms with van der Waals surface area (Å²) in [4.78, 5) is 2.29. The van der Waals surface area contributed by atoms with E-state index in [1.54, 1.807) is 0 Å². The lowest BCUT2D eigenvalue weighted by Gasteiger charge is -2.34. The highest BCUT2D eigenvalue weighted by Gasteiger charge is 2.25. The summed E-state index contributed by atoms with van der Waals surface area (Å²) >= 11 is 0. The van der Waals surface area contributed by atoms with E-state index in [0.29, 0.717) is 26.2 Å². The zero-order valence-electron chi connectivity index (χ0n) is 15.2. The molecule has 1 saturated heterocycles. The summed E-state index contributed by atoms with van der Waals surface area (Å²) in [6.45, 7) is 3.35. The van der Waals surface area contributed by atoms with Gasteiger partial charge in [0.25, 0.3) is 0 Å². The van der Waals surface area contributed by atoms with E-state index in [-0.39, 0.29) is 11.8 Å². The normalized spacial score (nSPS) is 17.3. The summed E-state index contributed by atoms with van der Waals surface area (Å²) in [6.07, 6.45) is 2.51. The van der Waals surface area contributed by atoms with Crippen LogP contribution in [-0.4, -0.2) is 56.5 Å². The van der Waals surface area contributed by atoms with E-state index in [1.807, 2.05) is 49.6 Å². The fourth-order valence-corrected chi connectivity index (χ4v) is 4.37. The van der Waals surface area contributed by atoms with E-state index >= 15 is 0 Å². The number of nitrogens with one attached hydrogen (secondary N) is 1. The molecule has 7 heteroatoms. The molecule has 1 aromatic carbocycles. The Labute approximate surface area is 155 Å².